The largest absolute Gasteiger partial charge is 0.399 e. The van der Waals surface area contributed by atoms with E-state index in [1.54, 1.807) is 24.3 Å². The predicted molar refractivity (Wildman–Crippen MR) is 67.5 cm³/mol. The summed E-state index contributed by atoms with van der Waals surface area (Å²) in [6.07, 6.45) is 3.42. The van der Waals surface area contributed by atoms with Crippen molar-refractivity contribution in [2.75, 3.05) is 12.8 Å². The molecule has 0 aliphatic heterocycles. The monoisotopic (exact) mass is 244 g/mol. The molecular weight excluding hydrogens is 232 g/mol. The minimum Gasteiger partial charge on any atom is -0.399 e. The molecule has 0 aliphatic carbocycles. The van der Waals surface area contributed by atoms with E-state index in [1.807, 2.05) is 12.1 Å². The maximum absolute atomic E-state index is 11.2. The van der Waals surface area contributed by atoms with Crippen LogP contribution in [0.3, 0.4) is 0 Å². The van der Waals surface area contributed by atoms with Crippen molar-refractivity contribution in [3.05, 3.63) is 41.5 Å². The average Bonchev–Trinajstić information content (AvgIpc) is 2.86. The van der Waals surface area contributed by atoms with Gasteiger partial charge in [-0.25, -0.2) is 0 Å². The van der Waals surface area contributed by atoms with Gasteiger partial charge in [-0.2, -0.15) is 4.98 Å². The molecule has 0 saturated heterocycles. The maximum atomic E-state index is 11.2. The van der Waals surface area contributed by atoms with Crippen molar-refractivity contribution in [3.8, 4) is 0 Å². The first-order valence-electron chi connectivity index (χ1n) is 5.28. The van der Waals surface area contributed by atoms with E-state index in [0.717, 1.165) is 5.56 Å². The van der Waals surface area contributed by atoms with Crippen LogP contribution in [0.15, 0.2) is 28.8 Å². The Kier molecular flexibility index (Phi) is 3.38. The van der Waals surface area contributed by atoms with Gasteiger partial charge in [0.2, 0.25) is 0 Å². The quantitative estimate of drug-likeness (QED) is 0.791. The van der Waals surface area contributed by atoms with Gasteiger partial charge in [-0.05, 0) is 23.8 Å². The minimum atomic E-state index is -0.383. The number of nitrogen functional groups attached to an aromatic ring is 1. The number of hydrogen-bond acceptors (Lipinski definition) is 5. The fraction of sp³-hybridized carbons (Fsp3) is 0.0833. The number of nitrogens with one attached hydrogen (secondary N) is 1. The zero-order chi connectivity index (χ0) is 13.0. The van der Waals surface area contributed by atoms with Gasteiger partial charge in [-0.3, -0.25) is 4.79 Å². The summed E-state index contributed by atoms with van der Waals surface area (Å²) in [6.45, 7) is 0. The molecule has 92 valence electrons. The lowest BCUT2D eigenvalue weighted by atomic mass is 10.2. The highest BCUT2D eigenvalue weighted by Crippen LogP contribution is 2.09. The van der Waals surface area contributed by atoms with Crippen molar-refractivity contribution in [1.82, 2.24) is 15.5 Å². The molecule has 0 spiro atoms. The molecule has 0 fully saturated rings. The molecule has 3 N–H and O–H groups in total. The van der Waals surface area contributed by atoms with Crippen LogP contribution in [0.1, 0.15) is 22.1 Å². The van der Waals surface area contributed by atoms with E-state index in [-0.39, 0.29) is 17.6 Å². The first kappa shape index (κ1) is 11.8. The molecule has 1 heterocycles. The van der Waals surface area contributed by atoms with Gasteiger partial charge in [-0.15, -0.1) is 0 Å². The lowest BCUT2D eigenvalue weighted by Crippen LogP contribution is -2.19. The van der Waals surface area contributed by atoms with E-state index < -0.39 is 0 Å². The van der Waals surface area contributed by atoms with Gasteiger partial charge in [0.05, 0.1) is 0 Å². The van der Waals surface area contributed by atoms with Gasteiger partial charge in [-0.1, -0.05) is 17.3 Å². The summed E-state index contributed by atoms with van der Waals surface area (Å²) in [5, 5.41) is 5.96. The van der Waals surface area contributed by atoms with Crippen LogP contribution >= 0.6 is 0 Å². The summed E-state index contributed by atoms with van der Waals surface area (Å²) in [5.74, 6) is -0.106. The third-order valence-electron chi connectivity index (χ3n) is 2.23. The molecule has 6 nitrogen and oxygen atoms in total. The van der Waals surface area contributed by atoms with Crippen molar-refractivity contribution in [3.63, 3.8) is 0 Å². The van der Waals surface area contributed by atoms with Gasteiger partial charge >= 0.3 is 0 Å². The molecule has 0 unspecified atom stereocenters. The fourth-order valence-electron chi connectivity index (χ4n) is 1.28. The smallest absolute Gasteiger partial charge is 0.292 e. The summed E-state index contributed by atoms with van der Waals surface area (Å²) >= 11 is 0. The number of nitrogens with two attached hydrogens (primary N) is 1. The van der Waals surface area contributed by atoms with E-state index in [0.29, 0.717) is 5.69 Å². The number of carbonyl (C=O) groups is 1. The molecule has 0 bridgehead atoms. The Morgan fingerprint density at radius 3 is 2.72 bits per heavy atom. The lowest BCUT2D eigenvalue weighted by molar-refractivity contribution is 0.0950. The number of anilines is 1. The zero-order valence-corrected chi connectivity index (χ0v) is 9.75. The van der Waals surface area contributed by atoms with Gasteiger partial charge in [0.25, 0.3) is 17.6 Å². The number of benzene rings is 1. The van der Waals surface area contributed by atoms with Gasteiger partial charge in [0, 0.05) is 18.8 Å². The summed E-state index contributed by atoms with van der Waals surface area (Å²) < 4.78 is 4.90. The van der Waals surface area contributed by atoms with E-state index in [9.17, 15) is 4.79 Å². The van der Waals surface area contributed by atoms with E-state index >= 15 is 0 Å². The molecule has 1 amide bonds. The summed E-state index contributed by atoms with van der Waals surface area (Å²) in [5.41, 5.74) is 7.23. The lowest BCUT2D eigenvalue weighted by Gasteiger charge is -1.93. The molecule has 1 aromatic carbocycles. The first-order valence-corrected chi connectivity index (χ1v) is 5.28. The third-order valence-corrected chi connectivity index (χ3v) is 2.23. The van der Waals surface area contributed by atoms with E-state index in [2.05, 4.69) is 15.5 Å². The molecule has 2 rings (SSSR count). The van der Waals surface area contributed by atoms with Crippen molar-refractivity contribution >= 4 is 23.7 Å². The molecule has 2 aromatic rings. The van der Waals surface area contributed by atoms with Crippen LogP contribution in [0.2, 0.25) is 0 Å². The highest BCUT2D eigenvalue weighted by molar-refractivity contribution is 5.90. The molecule has 0 aliphatic rings. The summed E-state index contributed by atoms with van der Waals surface area (Å²) in [7, 11) is 1.50. The number of nitrogens with zero attached hydrogens (tertiary/aromatic N) is 2. The second-order valence-electron chi connectivity index (χ2n) is 3.54. The highest BCUT2D eigenvalue weighted by Gasteiger charge is 2.10. The number of amides is 1. The van der Waals surface area contributed by atoms with Crippen LogP contribution in [-0.4, -0.2) is 23.1 Å². The van der Waals surface area contributed by atoms with Crippen LogP contribution in [0.5, 0.6) is 0 Å². The fourth-order valence-corrected chi connectivity index (χ4v) is 1.28. The van der Waals surface area contributed by atoms with Gasteiger partial charge < -0.3 is 15.6 Å². The standard InChI is InChI=1S/C12H12N4O2/c1-14-12(17)11-15-10(18-16-11)7-4-8-2-5-9(13)6-3-8/h2-7H,13H2,1H3,(H,14,17)/b7-4+. The SMILES string of the molecule is CNC(=O)c1noc(/C=C/c2ccc(N)cc2)n1. The Morgan fingerprint density at radius 1 is 1.33 bits per heavy atom. The van der Waals surface area contributed by atoms with Crippen LogP contribution in [0.4, 0.5) is 5.69 Å². The summed E-state index contributed by atoms with van der Waals surface area (Å²) in [6, 6.07) is 7.32. The Labute approximate surface area is 103 Å². The Morgan fingerprint density at radius 2 is 2.06 bits per heavy atom. The second-order valence-corrected chi connectivity index (χ2v) is 3.54. The Hall–Kier alpha value is -2.63. The first-order chi connectivity index (χ1) is 8.69. The molecule has 0 atom stereocenters. The van der Waals surface area contributed by atoms with Crippen LogP contribution in [0, 0.1) is 0 Å². The topological polar surface area (TPSA) is 94.0 Å². The van der Waals surface area contributed by atoms with Crippen LogP contribution < -0.4 is 11.1 Å². The van der Waals surface area contributed by atoms with Gasteiger partial charge in [0.15, 0.2) is 0 Å². The number of carbonyl (C=O) groups excluding carboxylic acids is 1. The number of rotatable bonds is 3. The van der Waals surface area contributed by atoms with E-state index in [4.69, 9.17) is 10.3 Å². The van der Waals surface area contributed by atoms with Crippen molar-refractivity contribution < 1.29 is 9.32 Å². The molecular formula is C12H12N4O2. The second kappa shape index (κ2) is 5.13. The number of hydrogen-bond donors (Lipinski definition) is 2. The van der Waals surface area contributed by atoms with Crippen molar-refractivity contribution in [2.45, 2.75) is 0 Å². The van der Waals surface area contributed by atoms with E-state index in [1.165, 1.54) is 7.05 Å². The number of aromatic nitrogens is 2. The molecule has 0 radical (unpaired) electrons. The van der Waals surface area contributed by atoms with Crippen LogP contribution in [0.25, 0.3) is 12.2 Å². The van der Waals surface area contributed by atoms with Crippen molar-refractivity contribution in [2.24, 2.45) is 0 Å². The summed E-state index contributed by atoms with van der Waals surface area (Å²) in [4.78, 5) is 15.1. The van der Waals surface area contributed by atoms with Gasteiger partial charge in [0.1, 0.15) is 0 Å². The highest BCUT2D eigenvalue weighted by atomic mass is 16.5. The molecule has 1 aromatic heterocycles. The molecule has 0 saturated carbocycles. The van der Waals surface area contributed by atoms with Crippen molar-refractivity contribution in [1.29, 1.82) is 0 Å². The average molecular weight is 244 g/mol. The minimum absolute atomic E-state index is 0.00876. The van der Waals surface area contributed by atoms with Crippen LogP contribution in [-0.2, 0) is 0 Å². The zero-order valence-electron chi connectivity index (χ0n) is 9.75. The Bertz CT molecular complexity index is 572. The third kappa shape index (κ3) is 2.73. The molecule has 6 heteroatoms. The Balaban J connectivity index is 2.11. The maximum Gasteiger partial charge on any atom is 0.292 e. The molecule has 18 heavy (non-hydrogen) atoms. The normalized spacial score (nSPS) is 10.7. The predicted octanol–water partition coefficient (Wildman–Crippen LogP) is 1.18.